The molecule has 1 aromatic rings. The predicted molar refractivity (Wildman–Crippen MR) is 91.1 cm³/mol. The number of rotatable bonds is 6. The Bertz CT molecular complexity index is 622. The van der Waals surface area contributed by atoms with Crippen LogP contribution in [0.3, 0.4) is 0 Å². The molecule has 0 atom stereocenters. The summed E-state index contributed by atoms with van der Waals surface area (Å²) >= 11 is 0. The smallest absolute Gasteiger partial charge is 0.229 e. The van der Waals surface area contributed by atoms with Crippen molar-refractivity contribution in [1.29, 1.82) is 0 Å². The Kier molecular flexibility index (Phi) is 6.01. The largest absolute Gasteiger partial charge is 0.381 e. The number of sulfonamides is 1. The first kappa shape index (κ1) is 17.7. The standard InChI is InChI=1S/C16H24N2O4S/c1-3-4-16(19)18(15-9-11-22-12-10-15)14-7-5-13(6-8-14)17-23(2,20)21/h5-8,15,17H,3-4,9-12H2,1-2H3. The van der Waals surface area contributed by atoms with Gasteiger partial charge in [0.2, 0.25) is 15.9 Å². The Morgan fingerprint density at radius 3 is 2.39 bits per heavy atom. The van der Waals surface area contributed by atoms with Gasteiger partial charge in [-0.2, -0.15) is 0 Å². The summed E-state index contributed by atoms with van der Waals surface area (Å²) in [6.45, 7) is 3.31. The van der Waals surface area contributed by atoms with Gasteiger partial charge in [-0.1, -0.05) is 6.92 Å². The molecule has 1 heterocycles. The minimum Gasteiger partial charge on any atom is -0.381 e. The Morgan fingerprint density at radius 2 is 1.87 bits per heavy atom. The van der Waals surface area contributed by atoms with E-state index in [0.29, 0.717) is 25.3 Å². The maximum atomic E-state index is 12.5. The van der Waals surface area contributed by atoms with E-state index in [0.717, 1.165) is 31.2 Å². The second-order valence-electron chi connectivity index (χ2n) is 5.78. The number of nitrogens with zero attached hydrogens (tertiary/aromatic N) is 1. The Balaban J connectivity index is 2.22. The van der Waals surface area contributed by atoms with Gasteiger partial charge in [-0.25, -0.2) is 8.42 Å². The molecule has 1 saturated heterocycles. The van der Waals surface area contributed by atoms with Gasteiger partial charge in [-0.15, -0.1) is 0 Å². The summed E-state index contributed by atoms with van der Waals surface area (Å²) in [6, 6.07) is 7.08. The van der Waals surface area contributed by atoms with E-state index in [1.54, 1.807) is 24.3 Å². The zero-order valence-corrected chi connectivity index (χ0v) is 14.4. The van der Waals surface area contributed by atoms with Gasteiger partial charge in [0.1, 0.15) is 0 Å². The monoisotopic (exact) mass is 340 g/mol. The first-order valence-electron chi connectivity index (χ1n) is 7.88. The number of nitrogens with one attached hydrogen (secondary N) is 1. The normalized spacial score (nSPS) is 16.1. The third-order valence-electron chi connectivity index (χ3n) is 3.74. The number of ether oxygens (including phenoxy) is 1. The molecule has 0 unspecified atom stereocenters. The molecule has 1 aliphatic rings. The highest BCUT2D eigenvalue weighted by Crippen LogP contribution is 2.26. The van der Waals surface area contributed by atoms with Crippen LogP contribution in [0.1, 0.15) is 32.6 Å². The van der Waals surface area contributed by atoms with Crippen molar-refractivity contribution in [2.75, 3.05) is 29.1 Å². The summed E-state index contributed by atoms with van der Waals surface area (Å²) in [4.78, 5) is 14.4. The van der Waals surface area contributed by atoms with Gasteiger partial charge in [-0.3, -0.25) is 9.52 Å². The van der Waals surface area contributed by atoms with E-state index in [1.165, 1.54) is 0 Å². The Morgan fingerprint density at radius 1 is 1.26 bits per heavy atom. The van der Waals surface area contributed by atoms with Crippen LogP contribution >= 0.6 is 0 Å². The van der Waals surface area contributed by atoms with Gasteiger partial charge in [0.25, 0.3) is 0 Å². The van der Waals surface area contributed by atoms with E-state index in [4.69, 9.17) is 4.74 Å². The number of hydrogen-bond acceptors (Lipinski definition) is 4. The number of amides is 1. The molecule has 23 heavy (non-hydrogen) atoms. The van der Waals surface area contributed by atoms with Crippen molar-refractivity contribution in [3.8, 4) is 0 Å². The van der Waals surface area contributed by atoms with Gasteiger partial charge in [0, 0.05) is 37.1 Å². The first-order valence-corrected chi connectivity index (χ1v) is 9.77. The molecule has 2 rings (SSSR count). The SMILES string of the molecule is CCCC(=O)N(c1ccc(NS(C)(=O)=O)cc1)C1CCOCC1. The molecule has 0 saturated carbocycles. The van der Waals surface area contributed by atoms with Crippen molar-refractivity contribution in [1.82, 2.24) is 0 Å². The zero-order valence-electron chi connectivity index (χ0n) is 13.6. The van der Waals surface area contributed by atoms with E-state index in [-0.39, 0.29) is 11.9 Å². The molecule has 1 aromatic carbocycles. The maximum absolute atomic E-state index is 12.5. The average Bonchev–Trinajstić information content (AvgIpc) is 2.49. The van der Waals surface area contributed by atoms with Crippen LogP contribution in [-0.4, -0.2) is 39.8 Å². The van der Waals surface area contributed by atoms with Gasteiger partial charge >= 0.3 is 0 Å². The van der Waals surface area contributed by atoms with E-state index in [2.05, 4.69) is 4.72 Å². The molecular formula is C16H24N2O4S. The molecule has 1 amide bonds. The maximum Gasteiger partial charge on any atom is 0.229 e. The van der Waals surface area contributed by atoms with Crippen molar-refractivity contribution < 1.29 is 17.9 Å². The summed E-state index contributed by atoms with van der Waals surface area (Å²) in [5.74, 6) is 0.100. The molecule has 1 fully saturated rings. The molecule has 0 aliphatic carbocycles. The average molecular weight is 340 g/mol. The van der Waals surface area contributed by atoms with Crippen LogP contribution in [0.15, 0.2) is 24.3 Å². The van der Waals surface area contributed by atoms with Crippen LogP contribution < -0.4 is 9.62 Å². The molecule has 6 nitrogen and oxygen atoms in total. The van der Waals surface area contributed by atoms with Crippen LogP contribution in [0.2, 0.25) is 0 Å². The highest BCUT2D eigenvalue weighted by atomic mass is 32.2. The molecule has 1 N–H and O–H groups in total. The topological polar surface area (TPSA) is 75.7 Å². The van der Waals surface area contributed by atoms with Gasteiger partial charge in [-0.05, 0) is 43.5 Å². The number of hydrogen-bond donors (Lipinski definition) is 1. The number of benzene rings is 1. The summed E-state index contributed by atoms with van der Waals surface area (Å²) < 4.78 is 30.4. The quantitative estimate of drug-likeness (QED) is 0.862. The fraction of sp³-hybridized carbons (Fsp3) is 0.562. The van der Waals surface area contributed by atoms with E-state index in [1.807, 2.05) is 11.8 Å². The Labute approximate surface area is 137 Å². The second kappa shape index (κ2) is 7.79. The number of carbonyl (C=O) groups is 1. The molecule has 7 heteroatoms. The van der Waals surface area contributed by atoms with Crippen molar-refractivity contribution in [2.45, 2.75) is 38.6 Å². The fourth-order valence-electron chi connectivity index (χ4n) is 2.74. The molecule has 0 bridgehead atoms. The fourth-order valence-corrected chi connectivity index (χ4v) is 3.30. The summed E-state index contributed by atoms with van der Waals surface area (Å²) in [6.07, 6.45) is 4.05. The van der Waals surface area contributed by atoms with Crippen LogP contribution in [-0.2, 0) is 19.6 Å². The lowest BCUT2D eigenvalue weighted by molar-refractivity contribution is -0.119. The molecule has 1 aliphatic heterocycles. The lowest BCUT2D eigenvalue weighted by Crippen LogP contribution is -2.43. The third-order valence-corrected chi connectivity index (χ3v) is 4.34. The minimum atomic E-state index is -3.30. The van der Waals surface area contributed by atoms with E-state index in [9.17, 15) is 13.2 Å². The Hall–Kier alpha value is -1.60. The second-order valence-corrected chi connectivity index (χ2v) is 7.53. The minimum absolute atomic E-state index is 0.100. The highest BCUT2D eigenvalue weighted by molar-refractivity contribution is 7.92. The van der Waals surface area contributed by atoms with Gasteiger partial charge in [0.15, 0.2) is 0 Å². The van der Waals surface area contributed by atoms with Crippen molar-refractivity contribution in [3.63, 3.8) is 0 Å². The molecule has 0 spiro atoms. The van der Waals surface area contributed by atoms with Crippen LogP contribution in [0.4, 0.5) is 11.4 Å². The number of carbonyl (C=O) groups excluding carboxylic acids is 1. The lowest BCUT2D eigenvalue weighted by atomic mass is 10.0. The van der Waals surface area contributed by atoms with Gasteiger partial charge < -0.3 is 9.64 Å². The lowest BCUT2D eigenvalue weighted by Gasteiger charge is -2.34. The van der Waals surface area contributed by atoms with Crippen LogP contribution in [0, 0.1) is 0 Å². The third kappa shape index (κ3) is 5.21. The molecule has 128 valence electrons. The molecule has 0 aromatic heterocycles. The van der Waals surface area contributed by atoms with Crippen molar-refractivity contribution in [2.24, 2.45) is 0 Å². The summed E-state index contributed by atoms with van der Waals surface area (Å²) in [5, 5.41) is 0. The number of anilines is 2. The van der Waals surface area contributed by atoms with Crippen molar-refractivity contribution in [3.05, 3.63) is 24.3 Å². The van der Waals surface area contributed by atoms with Crippen LogP contribution in [0.25, 0.3) is 0 Å². The predicted octanol–water partition coefficient (Wildman–Crippen LogP) is 2.37. The van der Waals surface area contributed by atoms with Crippen molar-refractivity contribution >= 4 is 27.3 Å². The summed E-state index contributed by atoms with van der Waals surface area (Å²) in [5.41, 5.74) is 1.29. The highest BCUT2D eigenvalue weighted by Gasteiger charge is 2.26. The van der Waals surface area contributed by atoms with Gasteiger partial charge in [0.05, 0.1) is 6.26 Å². The van der Waals surface area contributed by atoms with E-state index >= 15 is 0 Å². The molecular weight excluding hydrogens is 316 g/mol. The zero-order chi connectivity index (χ0) is 16.9. The van der Waals surface area contributed by atoms with E-state index < -0.39 is 10.0 Å². The molecule has 0 radical (unpaired) electrons. The van der Waals surface area contributed by atoms with Crippen LogP contribution in [0.5, 0.6) is 0 Å². The summed E-state index contributed by atoms with van der Waals surface area (Å²) in [7, 11) is -3.30. The first-order chi connectivity index (χ1) is 10.9.